The molecule has 3 N–H and O–H groups in total. The number of amides is 3. The van der Waals surface area contributed by atoms with Crippen LogP contribution in [0.5, 0.6) is 0 Å². The smallest absolute Gasteiger partial charge is 0.408 e. The molecule has 35 heavy (non-hydrogen) atoms. The molecule has 0 aromatic carbocycles. The molecule has 3 rings (SSSR count). The Morgan fingerprint density at radius 2 is 2.09 bits per heavy atom. The zero-order valence-electron chi connectivity index (χ0n) is 20.2. The van der Waals surface area contributed by atoms with Crippen LogP contribution in [0.4, 0.5) is 4.79 Å². The summed E-state index contributed by atoms with van der Waals surface area (Å²) in [4.78, 5) is 63.3. The molecule has 0 unspecified atom stereocenters. The normalized spacial score (nSPS) is 32.6. The van der Waals surface area contributed by atoms with Gasteiger partial charge in [0, 0.05) is 18.9 Å². The SMILES string of the molecule is CC(C)(C)OC(=O)N[C@H]1CCCOC/C=C\[C@@H]2C[C@@]2(C(=O)O)NC(=O)[C@@H]2C[C@@H](OC=O)CN2C1=O. The fourth-order valence-corrected chi connectivity index (χ4v) is 4.40. The van der Waals surface area contributed by atoms with Crippen molar-refractivity contribution in [2.45, 2.75) is 75.8 Å². The van der Waals surface area contributed by atoms with E-state index in [1.165, 1.54) is 4.90 Å². The van der Waals surface area contributed by atoms with E-state index in [4.69, 9.17) is 14.2 Å². The average molecular weight is 496 g/mol. The Hall–Kier alpha value is -3.15. The fourth-order valence-electron chi connectivity index (χ4n) is 4.40. The monoisotopic (exact) mass is 495 g/mol. The Morgan fingerprint density at radius 1 is 1.34 bits per heavy atom. The molecule has 3 amide bonds. The topological polar surface area (TPSA) is 161 Å². The zero-order valence-corrected chi connectivity index (χ0v) is 20.2. The second-order valence-corrected chi connectivity index (χ2v) is 10.0. The maximum Gasteiger partial charge on any atom is 0.408 e. The molecule has 194 valence electrons. The van der Waals surface area contributed by atoms with Crippen LogP contribution in [0.3, 0.4) is 0 Å². The minimum absolute atomic E-state index is 0.00872. The third-order valence-corrected chi connectivity index (χ3v) is 6.19. The average Bonchev–Trinajstić information content (AvgIpc) is 3.28. The Balaban J connectivity index is 1.87. The highest BCUT2D eigenvalue weighted by Crippen LogP contribution is 2.45. The summed E-state index contributed by atoms with van der Waals surface area (Å²) in [7, 11) is 0. The number of nitrogens with one attached hydrogen (secondary N) is 2. The number of nitrogens with zero attached hydrogens (tertiary/aromatic N) is 1. The van der Waals surface area contributed by atoms with Gasteiger partial charge in [-0.2, -0.15) is 0 Å². The van der Waals surface area contributed by atoms with E-state index < -0.39 is 59.1 Å². The van der Waals surface area contributed by atoms with E-state index in [0.717, 1.165) is 0 Å². The molecule has 0 spiro atoms. The van der Waals surface area contributed by atoms with Crippen LogP contribution in [0.2, 0.25) is 0 Å². The second kappa shape index (κ2) is 10.6. The Morgan fingerprint density at radius 3 is 2.74 bits per heavy atom. The lowest BCUT2D eigenvalue weighted by atomic mass is 10.1. The van der Waals surface area contributed by atoms with Crippen molar-refractivity contribution in [2.24, 2.45) is 5.92 Å². The maximum absolute atomic E-state index is 13.5. The molecular weight excluding hydrogens is 462 g/mol. The summed E-state index contributed by atoms with van der Waals surface area (Å²) in [6, 6.07) is -2.10. The molecule has 5 atom stereocenters. The number of carbonyl (C=O) groups excluding carboxylic acids is 4. The first-order chi connectivity index (χ1) is 16.5. The summed E-state index contributed by atoms with van der Waals surface area (Å²) in [6.07, 6.45) is 2.75. The molecule has 2 fully saturated rings. The maximum atomic E-state index is 13.5. The van der Waals surface area contributed by atoms with E-state index in [9.17, 15) is 29.1 Å². The first-order valence-corrected chi connectivity index (χ1v) is 11.7. The second-order valence-electron chi connectivity index (χ2n) is 10.0. The Kier molecular flexibility index (Phi) is 8.04. The van der Waals surface area contributed by atoms with Gasteiger partial charge in [-0.3, -0.25) is 14.4 Å². The number of rotatable bonds is 4. The van der Waals surface area contributed by atoms with Crippen LogP contribution >= 0.6 is 0 Å². The summed E-state index contributed by atoms with van der Waals surface area (Å²) in [5.41, 5.74) is -2.26. The molecule has 1 aliphatic carbocycles. The number of hydrogen-bond acceptors (Lipinski definition) is 8. The van der Waals surface area contributed by atoms with Crippen molar-refractivity contribution in [3.05, 3.63) is 12.2 Å². The van der Waals surface area contributed by atoms with Crippen molar-refractivity contribution >= 4 is 30.3 Å². The van der Waals surface area contributed by atoms with Gasteiger partial charge < -0.3 is 34.9 Å². The molecule has 2 heterocycles. The lowest BCUT2D eigenvalue weighted by molar-refractivity contribution is -0.145. The van der Waals surface area contributed by atoms with Gasteiger partial charge in [0.1, 0.15) is 29.3 Å². The number of carbonyl (C=O) groups is 5. The van der Waals surface area contributed by atoms with Gasteiger partial charge in [-0.25, -0.2) is 9.59 Å². The highest BCUT2D eigenvalue weighted by Gasteiger charge is 2.61. The minimum Gasteiger partial charge on any atom is -0.479 e. The van der Waals surface area contributed by atoms with Crippen LogP contribution in [0.15, 0.2) is 12.2 Å². The van der Waals surface area contributed by atoms with E-state index in [0.29, 0.717) is 13.0 Å². The van der Waals surface area contributed by atoms with Crippen LogP contribution in [0.25, 0.3) is 0 Å². The molecule has 1 saturated heterocycles. The molecule has 3 aliphatic rings. The number of ether oxygens (including phenoxy) is 3. The van der Waals surface area contributed by atoms with Gasteiger partial charge in [0.2, 0.25) is 11.8 Å². The van der Waals surface area contributed by atoms with Crippen molar-refractivity contribution < 1.29 is 43.3 Å². The number of carboxylic acids is 1. The molecule has 0 radical (unpaired) electrons. The van der Waals surface area contributed by atoms with Gasteiger partial charge in [0.05, 0.1) is 13.2 Å². The van der Waals surface area contributed by atoms with Gasteiger partial charge in [-0.05, 0) is 40.0 Å². The van der Waals surface area contributed by atoms with Crippen LogP contribution in [0.1, 0.15) is 46.5 Å². The number of fused-ring (bicyclic) bond motifs is 2. The molecule has 0 aromatic heterocycles. The van der Waals surface area contributed by atoms with E-state index in [1.807, 2.05) is 0 Å². The van der Waals surface area contributed by atoms with Crippen molar-refractivity contribution in [3.63, 3.8) is 0 Å². The van der Waals surface area contributed by atoms with Gasteiger partial charge in [-0.15, -0.1) is 0 Å². The Bertz CT molecular complexity index is 884. The van der Waals surface area contributed by atoms with E-state index in [1.54, 1.807) is 32.9 Å². The van der Waals surface area contributed by atoms with Crippen LogP contribution in [-0.2, 0) is 33.4 Å². The molecular formula is C23H33N3O9. The van der Waals surface area contributed by atoms with E-state index in [-0.39, 0.29) is 38.9 Å². The summed E-state index contributed by atoms with van der Waals surface area (Å²) in [5.74, 6) is -2.80. The lowest BCUT2D eigenvalue weighted by Crippen LogP contribution is -2.56. The fraction of sp³-hybridized carbons (Fsp3) is 0.696. The summed E-state index contributed by atoms with van der Waals surface area (Å²) in [5, 5.41) is 15.0. The first kappa shape index (κ1) is 26.5. The first-order valence-electron chi connectivity index (χ1n) is 11.7. The van der Waals surface area contributed by atoms with Crippen LogP contribution in [-0.4, -0.2) is 89.4 Å². The molecule has 12 nitrogen and oxygen atoms in total. The molecule has 1 saturated carbocycles. The van der Waals surface area contributed by atoms with Crippen molar-refractivity contribution in [2.75, 3.05) is 19.8 Å². The summed E-state index contributed by atoms with van der Waals surface area (Å²) >= 11 is 0. The third kappa shape index (κ3) is 6.50. The largest absolute Gasteiger partial charge is 0.479 e. The summed E-state index contributed by atoms with van der Waals surface area (Å²) in [6.45, 7) is 5.80. The zero-order chi connectivity index (χ0) is 25.8. The van der Waals surface area contributed by atoms with E-state index in [2.05, 4.69) is 10.6 Å². The predicted octanol–water partition coefficient (Wildman–Crippen LogP) is 0.348. The Labute approximate surface area is 203 Å². The van der Waals surface area contributed by atoms with E-state index >= 15 is 0 Å². The molecule has 2 aliphatic heterocycles. The van der Waals surface area contributed by atoms with Crippen molar-refractivity contribution in [1.82, 2.24) is 15.5 Å². The standard InChI is InChI=1S/C23H33N3O9/c1-22(2,3)35-21(32)24-16-7-5-9-33-8-4-6-14-11-23(14,20(30)31)25-18(28)17-10-15(34-13-27)12-26(17)19(16)29/h4,6,13-17H,5,7-12H2,1-3H3,(H,24,32)(H,25,28)(H,30,31)/b6-4-/t14-,15-,16+,17+,23-/m1/s1. The molecule has 0 aromatic rings. The van der Waals surface area contributed by atoms with Crippen molar-refractivity contribution in [3.8, 4) is 0 Å². The van der Waals surface area contributed by atoms with Gasteiger partial charge in [0.25, 0.3) is 6.47 Å². The molecule has 12 heteroatoms. The quantitative estimate of drug-likeness (QED) is 0.369. The van der Waals surface area contributed by atoms with Crippen molar-refractivity contribution in [1.29, 1.82) is 0 Å². The summed E-state index contributed by atoms with van der Waals surface area (Å²) < 4.78 is 15.9. The third-order valence-electron chi connectivity index (χ3n) is 6.19. The van der Waals surface area contributed by atoms with Gasteiger partial charge >= 0.3 is 12.1 Å². The number of carboxylic acid groups (broad SMARTS) is 1. The number of hydrogen-bond donors (Lipinski definition) is 3. The number of alkyl carbamates (subject to hydrolysis) is 1. The minimum atomic E-state index is -1.47. The van der Waals surface area contributed by atoms with Gasteiger partial charge in [0.15, 0.2) is 0 Å². The van der Waals surface area contributed by atoms with Crippen LogP contribution in [0, 0.1) is 5.92 Å². The predicted molar refractivity (Wildman–Crippen MR) is 120 cm³/mol. The lowest BCUT2D eigenvalue weighted by Gasteiger charge is -2.30. The number of aliphatic carboxylic acids is 1. The van der Waals surface area contributed by atoms with Gasteiger partial charge in [-0.1, -0.05) is 12.2 Å². The molecule has 0 bridgehead atoms. The highest BCUT2D eigenvalue weighted by molar-refractivity contribution is 5.96. The highest BCUT2D eigenvalue weighted by atomic mass is 16.6. The van der Waals surface area contributed by atoms with Crippen LogP contribution < -0.4 is 10.6 Å².